The molecule has 0 spiro atoms. The SMILES string of the molecule is Cc1cc(C(=O)Nc2cccnc2C(=O)O)sc1Br. The summed E-state index contributed by atoms with van der Waals surface area (Å²) in [6.07, 6.45) is 1.37. The number of carbonyl (C=O) groups is 2. The molecular formula is C12H9BrN2O3S. The van der Waals surface area contributed by atoms with Crippen LogP contribution in [-0.4, -0.2) is 22.0 Å². The van der Waals surface area contributed by atoms with E-state index in [0.717, 1.165) is 9.35 Å². The van der Waals surface area contributed by atoms with Gasteiger partial charge in [-0.2, -0.15) is 0 Å². The summed E-state index contributed by atoms with van der Waals surface area (Å²) in [5, 5.41) is 11.5. The van der Waals surface area contributed by atoms with Crippen molar-refractivity contribution in [2.75, 3.05) is 5.32 Å². The zero-order chi connectivity index (χ0) is 14.0. The number of halogens is 1. The fourth-order valence-electron chi connectivity index (χ4n) is 1.43. The topological polar surface area (TPSA) is 79.3 Å². The van der Waals surface area contributed by atoms with Crippen molar-refractivity contribution in [2.45, 2.75) is 6.92 Å². The number of nitrogens with one attached hydrogen (secondary N) is 1. The summed E-state index contributed by atoms with van der Waals surface area (Å²) in [4.78, 5) is 27.2. The number of carboxylic acids is 1. The molecule has 0 aliphatic rings. The van der Waals surface area contributed by atoms with Gasteiger partial charge in [0.15, 0.2) is 5.69 Å². The number of nitrogens with zero attached hydrogens (tertiary/aromatic N) is 1. The van der Waals surface area contributed by atoms with Crippen LogP contribution in [0.2, 0.25) is 0 Å². The van der Waals surface area contributed by atoms with Crippen molar-refractivity contribution in [2.24, 2.45) is 0 Å². The first-order valence-corrected chi connectivity index (χ1v) is 6.85. The lowest BCUT2D eigenvalue weighted by atomic mass is 10.2. The predicted molar refractivity (Wildman–Crippen MR) is 75.9 cm³/mol. The number of hydrogen-bond donors (Lipinski definition) is 2. The van der Waals surface area contributed by atoms with Crippen molar-refractivity contribution in [3.8, 4) is 0 Å². The predicted octanol–water partition coefficient (Wildman–Crippen LogP) is 3.16. The Morgan fingerprint density at radius 1 is 1.47 bits per heavy atom. The van der Waals surface area contributed by atoms with E-state index in [2.05, 4.69) is 26.2 Å². The number of pyridine rings is 1. The number of carboxylic acid groups (broad SMARTS) is 1. The molecule has 2 rings (SSSR count). The second-order valence-electron chi connectivity index (χ2n) is 3.73. The van der Waals surface area contributed by atoms with Crippen LogP contribution in [0.4, 0.5) is 5.69 Å². The molecule has 0 aliphatic carbocycles. The van der Waals surface area contributed by atoms with Gasteiger partial charge in [0.05, 0.1) is 14.4 Å². The Morgan fingerprint density at radius 3 is 2.79 bits per heavy atom. The molecule has 2 aromatic rings. The summed E-state index contributed by atoms with van der Waals surface area (Å²) in [7, 11) is 0. The van der Waals surface area contributed by atoms with Crippen molar-refractivity contribution in [3.05, 3.63) is 44.3 Å². The van der Waals surface area contributed by atoms with Crippen molar-refractivity contribution < 1.29 is 14.7 Å². The number of aromatic carboxylic acids is 1. The van der Waals surface area contributed by atoms with E-state index >= 15 is 0 Å². The Kier molecular flexibility index (Phi) is 3.96. The Morgan fingerprint density at radius 2 is 2.21 bits per heavy atom. The third kappa shape index (κ3) is 2.99. The lowest BCUT2D eigenvalue weighted by Gasteiger charge is -2.05. The number of aromatic nitrogens is 1. The second kappa shape index (κ2) is 5.50. The molecule has 0 bridgehead atoms. The number of carbonyl (C=O) groups excluding carboxylic acids is 1. The summed E-state index contributed by atoms with van der Waals surface area (Å²) in [6.45, 7) is 1.88. The molecule has 0 aliphatic heterocycles. The fraction of sp³-hybridized carbons (Fsp3) is 0.0833. The van der Waals surface area contributed by atoms with E-state index in [0.29, 0.717) is 4.88 Å². The summed E-state index contributed by atoms with van der Waals surface area (Å²) < 4.78 is 0.877. The molecule has 0 saturated heterocycles. The summed E-state index contributed by atoms with van der Waals surface area (Å²) in [5.74, 6) is -1.53. The molecule has 98 valence electrons. The molecule has 2 N–H and O–H groups in total. The molecule has 19 heavy (non-hydrogen) atoms. The van der Waals surface area contributed by atoms with Crippen LogP contribution in [-0.2, 0) is 0 Å². The molecule has 0 unspecified atom stereocenters. The first-order valence-electron chi connectivity index (χ1n) is 5.24. The zero-order valence-electron chi connectivity index (χ0n) is 9.81. The van der Waals surface area contributed by atoms with Gasteiger partial charge >= 0.3 is 5.97 Å². The van der Waals surface area contributed by atoms with E-state index in [1.165, 1.54) is 23.6 Å². The molecule has 2 heterocycles. The van der Waals surface area contributed by atoms with Gasteiger partial charge in [-0.15, -0.1) is 11.3 Å². The number of thiophene rings is 1. The highest BCUT2D eigenvalue weighted by molar-refractivity contribution is 9.11. The molecule has 0 atom stereocenters. The third-order valence-corrected chi connectivity index (χ3v) is 4.47. The van der Waals surface area contributed by atoms with E-state index < -0.39 is 5.97 Å². The number of aryl methyl sites for hydroxylation is 1. The van der Waals surface area contributed by atoms with Crippen LogP contribution < -0.4 is 5.32 Å². The molecule has 2 aromatic heterocycles. The largest absolute Gasteiger partial charge is 0.476 e. The summed E-state index contributed by atoms with van der Waals surface area (Å²) in [6, 6.07) is 4.81. The number of anilines is 1. The van der Waals surface area contributed by atoms with Gasteiger partial charge in [0.25, 0.3) is 5.91 Å². The highest BCUT2D eigenvalue weighted by Crippen LogP contribution is 2.28. The maximum Gasteiger partial charge on any atom is 0.356 e. The van der Waals surface area contributed by atoms with Gasteiger partial charge < -0.3 is 10.4 Å². The van der Waals surface area contributed by atoms with E-state index in [-0.39, 0.29) is 17.3 Å². The summed E-state index contributed by atoms with van der Waals surface area (Å²) in [5.41, 5.74) is 0.963. The van der Waals surface area contributed by atoms with E-state index in [1.54, 1.807) is 12.1 Å². The van der Waals surface area contributed by atoms with Gasteiger partial charge in [-0.25, -0.2) is 9.78 Å². The van der Waals surface area contributed by atoms with Gasteiger partial charge in [-0.05, 0) is 46.6 Å². The van der Waals surface area contributed by atoms with Crippen LogP contribution in [0.3, 0.4) is 0 Å². The Bertz CT molecular complexity index is 635. The maximum absolute atomic E-state index is 12.0. The van der Waals surface area contributed by atoms with E-state index in [1.807, 2.05) is 6.92 Å². The molecule has 5 nitrogen and oxygen atoms in total. The minimum absolute atomic E-state index is 0.178. The second-order valence-corrected chi connectivity index (χ2v) is 6.10. The Balaban J connectivity index is 2.26. The van der Waals surface area contributed by atoms with Crippen LogP contribution in [0, 0.1) is 6.92 Å². The quantitative estimate of drug-likeness (QED) is 0.899. The van der Waals surface area contributed by atoms with Crippen molar-refractivity contribution in [1.82, 2.24) is 4.98 Å². The van der Waals surface area contributed by atoms with Crippen LogP contribution >= 0.6 is 27.3 Å². The Labute approximate surface area is 121 Å². The minimum atomic E-state index is -1.18. The molecule has 0 aromatic carbocycles. The first kappa shape index (κ1) is 13.7. The highest BCUT2D eigenvalue weighted by atomic mass is 79.9. The summed E-state index contributed by atoms with van der Waals surface area (Å²) >= 11 is 4.63. The van der Waals surface area contributed by atoms with Crippen LogP contribution in [0.5, 0.6) is 0 Å². The lowest BCUT2D eigenvalue weighted by molar-refractivity contribution is 0.0692. The molecule has 0 saturated carbocycles. The Hall–Kier alpha value is -1.73. The van der Waals surface area contributed by atoms with Crippen LogP contribution in [0.25, 0.3) is 0 Å². The van der Waals surface area contributed by atoms with Gasteiger partial charge in [-0.3, -0.25) is 4.79 Å². The van der Waals surface area contributed by atoms with Crippen LogP contribution in [0.1, 0.15) is 25.7 Å². The van der Waals surface area contributed by atoms with E-state index in [4.69, 9.17) is 5.11 Å². The monoisotopic (exact) mass is 340 g/mol. The smallest absolute Gasteiger partial charge is 0.356 e. The average molecular weight is 341 g/mol. The van der Waals surface area contributed by atoms with Crippen molar-refractivity contribution in [1.29, 1.82) is 0 Å². The fourth-order valence-corrected chi connectivity index (χ4v) is 2.86. The first-order chi connectivity index (χ1) is 8.99. The third-order valence-electron chi connectivity index (χ3n) is 2.34. The van der Waals surface area contributed by atoms with Gasteiger partial charge in [-0.1, -0.05) is 0 Å². The highest BCUT2D eigenvalue weighted by Gasteiger charge is 2.16. The van der Waals surface area contributed by atoms with Gasteiger partial charge in [0.2, 0.25) is 0 Å². The molecule has 0 fully saturated rings. The molecular weight excluding hydrogens is 332 g/mol. The number of rotatable bonds is 3. The lowest BCUT2D eigenvalue weighted by Crippen LogP contribution is -2.14. The van der Waals surface area contributed by atoms with E-state index in [9.17, 15) is 9.59 Å². The molecule has 7 heteroatoms. The molecule has 1 amide bonds. The van der Waals surface area contributed by atoms with Crippen molar-refractivity contribution >= 4 is 44.8 Å². The van der Waals surface area contributed by atoms with Crippen molar-refractivity contribution in [3.63, 3.8) is 0 Å². The zero-order valence-corrected chi connectivity index (χ0v) is 12.2. The van der Waals surface area contributed by atoms with Crippen LogP contribution in [0.15, 0.2) is 28.2 Å². The number of hydrogen-bond acceptors (Lipinski definition) is 4. The number of amides is 1. The maximum atomic E-state index is 12.0. The minimum Gasteiger partial charge on any atom is -0.476 e. The normalized spacial score (nSPS) is 10.2. The van der Waals surface area contributed by atoms with Gasteiger partial charge in [0, 0.05) is 6.20 Å². The molecule has 0 radical (unpaired) electrons. The standard InChI is InChI=1S/C12H9BrN2O3S/c1-6-5-8(19-10(6)13)11(16)15-7-3-2-4-14-9(7)12(17)18/h2-5H,1H3,(H,15,16)(H,17,18). The average Bonchev–Trinajstić information content (AvgIpc) is 2.70. The van der Waals surface area contributed by atoms with Gasteiger partial charge in [0.1, 0.15) is 0 Å².